The summed E-state index contributed by atoms with van der Waals surface area (Å²) in [5.41, 5.74) is 0.634. The zero-order valence-corrected chi connectivity index (χ0v) is 14.4. The monoisotopic (exact) mass is 356 g/mol. The van der Waals surface area contributed by atoms with Crippen LogP contribution >= 0.6 is 0 Å². The van der Waals surface area contributed by atoms with Crippen molar-refractivity contribution in [3.05, 3.63) is 66.0 Å². The van der Waals surface area contributed by atoms with E-state index in [2.05, 4.69) is 5.32 Å². The molecule has 1 fully saturated rings. The Bertz CT molecular complexity index is 759. The summed E-state index contributed by atoms with van der Waals surface area (Å²) in [5, 5.41) is 3.01. The topological polar surface area (TPSA) is 58.6 Å². The van der Waals surface area contributed by atoms with Crippen molar-refractivity contribution in [3.8, 4) is 5.75 Å². The van der Waals surface area contributed by atoms with Gasteiger partial charge in [0.15, 0.2) is 6.61 Å². The molecular weight excluding hydrogens is 335 g/mol. The van der Waals surface area contributed by atoms with Crippen LogP contribution in [0.1, 0.15) is 23.2 Å². The van der Waals surface area contributed by atoms with Gasteiger partial charge in [0.2, 0.25) is 0 Å². The number of carbonyl (C=O) groups excluding carboxylic acids is 2. The maximum absolute atomic E-state index is 13.1. The van der Waals surface area contributed by atoms with Crippen LogP contribution in [-0.4, -0.2) is 42.5 Å². The number of amides is 2. The number of piperidine rings is 1. The van der Waals surface area contributed by atoms with Crippen molar-refractivity contribution in [3.63, 3.8) is 0 Å². The van der Waals surface area contributed by atoms with Crippen LogP contribution in [0.3, 0.4) is 0 Å². The largest absolute Gasteiger partial charge is 0.484 e. The van der Waals surface area contributed by atoms with E-state index < -0.39 is 5.82 Å². The summed E-state index contributed by atoms with van der Waals surface area (Å²) < 4.78 is 18.5. The van der Waals surface area contributed by atoms with Crippen LogP contribution in [-0.2, 0) is 4.79 Å². The molecule has 2 amide bonds. The lowest BCUT2D eigenvalue weighted by Crippen LogP contribution is -2.47. The highest BCUT2D eigenvalue weighted by atomic mass is 19.1. The minimum absolute atomic E-state index is 0.0518. The van der Waals surface area contributed by atoms with Gasteiger partial charge in [-0.25, -0.2) is 4.39 Å². The van der Waals surface area contributed by atoms with Gasteiger partial charge in [-0.1, -0.05) is 24.3 Å². The molecule has 0 aromatic heterocycles. The molecule has 1 aliphatic heterocycles. The maximum atomic E-state index is 13.1. The minimum atomic E-state index is -0.398. The lowest BCUT2D eigenvalue weighted by Gasteiger charge is -2.32. The van der Waals surface area contributed by atoms with Crippen LogP contribution in [0.4, 0.5) is 4.39 Å². The predicted molar refractivity (Wildman–Crippen MR) is 95.4 cm³/mol. The highest BCUT2D eigenvalue weighted by molar-refractivity contribution is 5.94. The van der Waals surface area contributed by atoms with Crippen molar-refractivity contribution in [2.75, 3.05) is 19.7 Å². The molecule has 1 heterocycles. The summed E-state index contributed by atoms with van der Waals surface area (Å²) >= 11 is 0. The van der Waals surface area contributed by atoms with Gasteiger partial charge in [-0.3, -0.25) is 9.59 Å². The Hall–Kier alpha value is -2.89. The van der Waals surface area contributed by atoms with Crippen molar-refractivity contribution < 1.29 is 18.7 Å². The molecule has 2 aromatic carbocycles. The normalized spacial score (nSPS) is 14.7. The quantitative estimate of drug-likeness (QED) is 0.896. The fourth-order valence-electron chi connectivity index (χ4n) is 2.92. The van der Waals surface area contributed by atoms with Crippen LogP contribution in [0.2, 0.25) is 0 Å². The van der Waals surface area contributed by atoms with Gasteiger partial charge in [0.1, 0.15) is 11.6 Å². The van der Waals surface area contributed by atoms with E-state index in [1.807, 2.05) is 18.2 Å². The van der Waals surface area contributed by atoms with E-state index in [0.29, 0.717) is 37.2 Å². The molecule has 136 valence electrons. The third kappa shape index (κ3) is 4.81. The SMILES string of the molecule is O=C(NC1CCN(C(=O)COc2cccc(F)c2)CC1)c1ccccc1. The Morgan fingerprint density at radius 2 is 1.81 bits per heavy atom. The molecule has 26 heavy (non-hydrogen) atoms. The number of nitrogens with zero attached hydrogens (tertiary/aromatic N) is 1. The number of rotatable bonds is 5. The van der Waals surface area contributed by atoms with Gasteiger partial charge in [-0.2, -0.15) is 0 Å². The predicted octanol–water partition coefficient (Wildman–Crippen LogP) is 2.63. The average Bonchev–Trinajstić information content (AvgIpc) is 2.67. The highest BCUT2D eigenvalue weighted by Crippen LogP contribution is 2.14. The van der Waals surface area contributed by atoms with Gasteiger partial charge in [-0.05, 0) is 37.1 Å². The molecule has 5 nitrogen and oxygen atoms in total. The Labute approximate surface area is 151 Å². The average molecular weight is 356 g/mol. The first-order valence-electron chi connectivity index (χ1n) is 8.64. The third-order valence-electron chi connectivity index (χ3n) is 4.38. The van der Waals surface area contributed by atoms with Crippen LogP contribution in [0.25, 0.3) is 0 Å². The van der Waals surface area contributed by atoms with E-state index in [1.165, 1.54) is 18.2 Å². The van der Waals surface area contributed by atoms with E-state index in [0.717, 1.165) is 0 Å². The third-order valence-corrected chi connectivity index (χ3v) is 4.38. The molecule has 2 aromatic rings. The van der Waals surface area contributed by atoms with Crippen molar-refractivity contribution in [1.29, 1.82) is 0 Å². The lowest BCUT2D eigenvalue weighted by molar-refractivity contribution is -0.134. The van der Waals surface area contributed by atoms with Crippen molar-refractivity contribution in [2.24, 2.45) is 0 Å². The zero-order valence-electron chi connectivity index (χ0n) is 14.4. The molecule has 0 spiro atoms. The second-order valence-electron chi connectivity index (χ2n) is 6.24. The summed E-state index contributed by atoms with van der Waals surface area (Å²) in [4.78, 5) is 26.1. The van der Waals surface area contributed by atoms with E-state index in [4.69, 9.17) is 4.74 Å². The Morgan fingerprint density at radius 1 is 1.08 bits per heavy atom. The number of hydrogen-bond acceptors (Lipinski definition) is 3. The zero-order chi connectivity index (χ0) is 18.4. The first-order valence-corrected chi connectivity index (χ1v) is 8.64. The van der Waals surface area contributed by atoms with E-state index >= 15 is 0 Å². The molecule has 6 heteroatoms. The van der Waals surface area contributed by atoms with Crippen LogP contribution in [0.5, 0.6) is 5.75 Å². The Balaban J connectivity index is 1.43. The maximum Gasteiger partial charge on any atom is 0.260 e. The van der Waals surface area contributed by atoms with Gasteiger partial charge in [0, 0.05) is 30.8 Å². The van der Waals surface area contributed by atoms with E-state index in [9.17, 15) is 14.0 Å². The number of carbonyl (C=O) groups is 2. The molecule has 0 saturated carbocycles. The fraction of sp³-hybridized carbons (Fsp3) is 0.300. The Morgan fingerprint density at radius 3 is 2.50 bits per heavy atom. The number of hydrogen-bond donors (Lipinski definition) is 1. The molecule has 1 saturated heterocycles. The van der Waals surface area contributed by atoms with Gasteiger partial charge in [0.05, 0.1) is 0 Å². The molecule has 0 unspecified atom stereocenters. The Kier molecular flexibility index (Phi) is 5.84. The number of ether oxygens (including phenoxy) is 1. The minimum Gasteiger partial charge on any atom is -0.484 e. The molecule has 0 radical (unpaired) electrons. The fourth-order valence-corrected chi connectivity index (χ4v) is 2.92. The number of nitrogens with one attached hydrogen (secondary N) is 1. The van der Waals surface area contributed by atoms with Crippen LogP contribution in [0.15, 0.2) is 54.6 Å². The highest BCUT2D eigenvalue weighted by Gasteiger charge is 2.24. The lowest BCUT2D eigenvalue weighted by atomic mass is 10.0. The summed E-state index contributed by atoms with van der Waals surface area (Å²) in [5.74, 6) is -0.291. The van der Waals surface area contributed by atoms with Gasteiger partial charge >= 0.3 is 0 Å². The first kappa shape index (κ1) is 17.9. The summed E-state index contributed by atoms with van der Waals surface area (Å²) in [7, 11) is 0. The molecule has 0 bridgehead atoms. The van der Waals surface area contributed by atoms with E-state index in [1.54, 1.807) is 23.1 Å². The second-order valence-corrected chi connectivity index (χ2v) is 6.24. The number of benzene rings is 2. The molecule has 1 aliphatic rings. The van der Waals surface area contributed by atoms with Gasteiger partial charge < -0.3 is 15.0 Å². The van der Waals surface area contributed by atoms with Crippen LogP contribution < -0.4 is 10.1 Å². The summed E-state index contributed by atoms with van der Waals surface area (Å²) in [6.45, 7) is 1.00. The van der Waals surface area contributed by atoms with Gasteiger partial charge in [0.25, 0.3) is 11.8 Å². The molecule has 1 N–H and O–H groups in total. The number of likely N-dealkylation sites (tertiary alicyclic amines) is 1. The van der Waals surface area contributed by atoms with Crippen molar-refractivity contribution in [2.45, 2.75) is 18.9 Å². The molecule has 0 atom stereocenters. The first-order chi connectivity index (χ1) is 12.6. The summed E-state index contributed by atoms with van der Waals surface area (Å²) in [6, 6.07) is 14.8. The van der Waals surface area contributed by atoms with E-state index in [-0.39, 0.29) is 24.5 Å². The standard InChI is InChI=1S/C20H21FN2O3/c21-16-7-4-8-18(13-16)26-14-19(24)23-11-9-17(10-12-23)22-20(25)15-5-2-1-3-6-15/h1-8,13,17H,9-12,14H2,(H,22,25). The van der Waals surface area contributed by atoms with Crippen molar-refractivity contribution >= 4 is 11.8 Å². The number of halogens is 1. The molecular formula is C20H21FN2O3. The summed E-state index contributed by atoms with van der Waals surface area (Å²) in [6.07, 6.45) is 1.40. The molecule has 3 rings (SSSR count). The smallest absolute Gasteiger partial charge is 0.260 e. The van der Waals surface area contributed by atoms with Gasteiger partial charge in [-0.15, -0.1) is 0 Å². The second kappa shape index (κ2) is 8.47. The van der Waals surface area contributed by atoms with Crippen LogP contribution in [0, 0.1) is 5.82 Å². The molecule has 0 aliphatic carbocycles. The van der Waals surface area contributed by atoms with Crippen molar-refractivity contribution in [1.82, 2.24) is 10.2 Å².